The first-order chi connectivity index (χ1) is 8.60. The molecule has 0 bridgehead atoms. The van der Waals surface area contributed by atoms with E-state index in [9.17, 15) is 14.5 Å². The molecule has 0 aliphatic heterocycles. The molecule has 1 heterocycles. The van der Waals surface area contributed by atoms with Crippen molar-refractivity contribution in [2.75, 3.05) is 7.05 Å². The number of nitrogens with one attached hydrogen (secondary N) is 1. The number of benzene rings is 1. The van der Waals surface area contributed by atoms with Crippen LogP contribution in [0.5, 0.6) is 0 Å². The molecular weight excluding hydrogens is 259 g/mol. The van der Waals surface area contributed by atoms with Gasteiger partial charge in [-0.15, -0.1) is 10.2 Å². The summed E-state index contributed by atoms with van der Waals surface area (Å²) >= 11 is 1.27. The third kappa shape index (κ3) is 2.66. The lowest BCUT2D eigenvalue weighted by Gasteiger charge is -1.97. The topological polar surface area (TPSA) is 81.0 Å². The van der Waals surface area contributed by atoms with Crippen LogP contribution in [0.2, 0.25) is 0 Å². The molecular formula is C10H9FN4O2S. The first-order valence-electron chi connectivity index (χ1n) is 5.02. The standard InChI is InChI=1S/C10H9FN4O2S/c1-12-5-9-13-14-10(18-9)6-2-7(11)4-8(3-6)15(16)17/h2-4,12H,5H2,1H3. The molecule has 0 fully saturated rings. The van der Waals surface area contributed by atoms with Crippen LogP contribution in [-0.2, 0) is 6.54 Å². The van der Waals surface area contributed by atoms with Crippen molar-refractivity contribution in [2.45, 2.75) is 6.54 Å². The molecule has 0 aliphatic rings. The zero-order valence-corrected chi connectivity index (χ0v) is 10.2. The van der Waals surface area contributed by atoms with E-state index in [0.29, 0.717) is 17.1 Å². The number of hydrogen-bond donors (Lipinski definition) is 1. The van der Waals surface area contributed by atoms with Crippen molar-refractivity contribution in [3.63, 3.8) is 0 Å². The van der Waals surface area contributed by atoms with Crippen LogP contribution in [0.4, 0.5) is 10.1 Å². The molecule has 2 aromatic rings. The summed E-state index contributed by atoms with van der Waals surface area (Å²) in [5.74, 6) is -0.662. The molecule has 1 aromatic carbocycles. The second-order valence-corrected chi connectivity index (χ2v) is 4.55. The lowest BCUT2D eigenvalue weighted by molar-refractivity contribution is -0.385. The van der Waals surface area contributed by atoms with E-state index in [1.807, 2.05) is 0 Å². The minimum Gasteiger partial charge on any atom is -0.313 e. The van der Waals surface area contributed by atoms with E-state index in [1.165, 1.54) is 23.5 Å². The maximum Gasteiger partial charge on any atom is 0.273 e. The Labute approximate surface area is 106 Å². The average Bonchev–Trinajstić information content (AvgIpc) is 2.77. The zero-order valence-electron chi connectivity index (χ0n) is 9.38. The maximum atomic E-state index is 13.3. The maximum absolute atomic E-state index is 13.3. The highest BCUT2D eigenvalue weighted by Crippen LogP contribution is 2.27. The third-order valence-corrected chi connectivity index (χ3v) is 3.11. The van der Waals surface area contributed by atoms with Gasteiger partial charge in [-0.25, -0.2) is 4.39 Å². The van der Waals surface area contributed by atoms with Gasteiger partial charge in [0.05, 0.1) is 11.0 Å². The molecule has 8 heteroatoms. The number of nitro groups is 1. The van der Waals surface area contributed by atoms with E-state index >= 15 is 0 Å². The van der Waals surface area contributed by atoms with Crippen LogP contribution >= 0.6 is 11.3 Å². The van der Waals surface area contributed by atoms with Crippen molar-refractivity contribution in [2.24, 2.45) is 0 Å². The van der Waals surface area contributed by atoms with Gasteiger partial charge >= 0.3 is 0 Å². The van der Waals surface area contributed by atoms with E-state index in [0.717, 1.165) is 11.1 Å². The van der Waals surface area contributed by atoms with Gasteiger partial charge < -0.3 is 5.32 Å². The average molecular weight is 268 g/mol. The highest BCUT2D eigenvalue weighted by Gasteiger charge is 2.14. The molecule has 18 heavy (non-hydrogen) atoms. The van der Waals surface area contributed by atoms with Crippen LogP contribution in [-0.4, -0.2) is 22.2 Å². The van der Waals surface area contributed by atoms with Crippen molar-refractivity contribution in [1.29, 1.82) is 0 Å². The number of non-ortho nitro benzene ring substituents is 1. The third-order valence-electron chi connectivity index (χ3n) is 2.14. The van der Waals surface area contributed by atoms with Crippen LogP contribution in [0.25, 0.3) is 10.6 Å². The monoisotopic (exact) mass is 268 g/mol. The van der Waals surface area contributed by atoms with Gasteiger partial charge in [0, 0.05) is 18.2 Å². The second kappa shape index (κ2) is 5.15. The fraction of sp³-hybridized carbons (Fsp3) is 0.200. The summed E-state index contributed by atoms with van der Waals surface area (Å²) in [6.45, 7) is 0.551. The van der Waals surface area contributed by atoms with Gasteiger partial charge in [0.2, 0.25) is 0 Å². The quantitative estimate of drug-likeness (QED) is 0.677. The Kier molecular flexibility index (Phi) is 3.58. The number of nitrogens with zero attached hydrogens (tertiary/aromatic N) is 3. The van der Waals surface area contributed by atoms with Crippen LogP contribution in [0, 0.1) is 15.9 Å². The van der Waals surface area contributed by atoms with Gasteiger partial charge in [-0.3, -0.25) is 10.1 Å². The lowest BCUT2D eigenvalue weighted by atomic mass is 10.2. The molecule has 0 spiro atoms. The van der Waals surface area contributed by atoms with Gasteiger partial charge in [-0.2, -0.15) is 0 Å². The number of aromatic nitrogens is 2. The summed E-state index contributed by atoms with van der Waals surface area (Å²) in [6.07, 6.45) is 0. The van der Waals surface area contributed by atoms with Gasteiger partial charge in [0.1, 0.15) is 15.8 Å². The molecule has 6 nitrogen and oxygen atoms in total. The molecule has 0 amide bonds. The second-order valence-electron chi connectivity index (χ2n) is 3.49. The van der Waals surface area contributed by atoms with Gasteiger partial charge in [0.15, 0.2) is 0 Å². The van der Waals surface area contributed by atoms with Crippen molar-refractivity contribution in [3.8, 4) is 10.6 Å². The minimum absolute atomic E-state index is 0.296. The minimum atomic E-state index is -0.662. The normalized spacial score (nSPS) is 10.6. The van der Waals surface area contributed by atoms with Gasteiger partial charge in [-0.05, 0) is 13.1 Å². The Morgan fingerprint density at radius 1 is 1.44 bits per heavy atom. The number of hydrogen-bond acceptors (Lipinski definition) is 6. The molecule has 0 radical (unpaired) electrons. The van der Waals surface area contributed by atoms with Crippen LogP contribution in [0.15, 0.2) is 18.2 Å². The van der Waals surface area contributed by atoms with Crippen LogP contribution in [0.3, 0.4) is 0 Å². The highest BCUT2D eigenvalue weighted by atomic mass is 32.1. The van der Waals surface area contributed by atoms with Gasteiger partial charge in [-0.1, -0.05) is 11.3 Å². The fourth-order valence-electron chi connectivity index (χ4n) is 1.40. The Bertz CT molecular complexity index is 587. The van der Waals surface area contributed by atoms with Crippen LogP contribution < -0.4 is 5.32 Å². The fourth-order valence-corrected chi connectivity index (χ4v) is 2.23. The Morgan fingerprint density at radius 3 is 2.89 bits per heavy atom. The molecule has 0 unspecified atom stereocenters. The predicted octanol–water partition coefficient (Wildman–Crippen LogP) is 1.97. The first kappa shape index (κ1) is 12.5. The van der Waals surface area contributed by atoms with E-state index in [1.54, 1.807) is 7.05 Å². The molecule has 0 saturated carbocycles. The molecule has 1 aromatic heterocycles. The van der Waals surface area contributed by atoms with Crippen molar-refractivity contribution in [3.05, 3.63) is 39.1 Å². The molecule has 0 saturated heterocycles. The first-order valence-corrected chi connectivity index (χ1v) is 5.84. The summed E-state index contributed by atoms with van der Waals surface area (Å²) in [5.41, 5.74) is 0.0666. The Morgan fingerprint density at radius 2 is 2.22 bits per heavy atom. The van der Waals surface area contributed by atoms with Crippen LogP contribution in [0.1, 0.15) is 5.01 Å². The summed E-state index contributed by atoms with van der Waals surface area (Å²) in [6, 6.07) is 3.36. The molecule has 0 atom stereocenters. The molecule has 0 aliphatic carbocycles. The smallest absolute Gasteiger partial charge is 0.273 e. The number of rotatable bonds is 4. The lowest BCUT2D eigenvalue weighted by Crippen LogP contribution is -2.04. The Hall–Kier alpha value is -1.93. The van der Waals surface area contributed by atoms with E-state index in [4.69, 9.17) is 0 Å². The summed E-state index contributed by atoms with van der Waals surface area (Å²) < 4.78 is 13.3. The highest BCUT2D eigenvalue weighted by molar-refractivity contribution is 7.14. The largest absolute Gasteiger partial charge is 0.313 e. The summed E-state index contributed by atoms with van der Waals surface area (Å²) in [7, 11) is 1.77. The van der Waals surface area contributed by atoms with Crippen molar-refractivity contribution in [1.82, 2.24) is 15.5 Å². The van der Waals surface area contributed by atoms with E-state index in [-0.39, 0.29) is 5.69 Å². The molecule has 94 valence electrons. The Balaban J connectivity index is 2.39. The van der Waals surface area contributed by atoms with E-state index < -0.39 is 10.7 Å². The van der Waals surface area contributed by atoms with E-state index in [2.05, 4.69) is 15.5 Å². The van der Waals surface area contributed by atoms with Crippen molar-refractivity contribution < 1.29 is 9.31 Å². The zero-order chi connectivity index (χ0) is 13.1. The number of nitro benzene ring substituents is 1. The molecule has 2 rings (SSSR count). The summed E-state index contributed by atoms with van der Waals surface area (Å²) in [5, 5.41) is 22.5. The summed E-state index contributed by atoms with van der Waals surface area (Å²) in [4.78, 5) is 10.0. The van der Waals surface area contributed by atoms with Gasteiger partial charge in [0.25, 0.3) is 5.69 Å². The van der Waals surface area contributed by atoms with Crippen molar-refractivity contribution >= 4 is 17.0 Å². The molecule has 1 N–H and O–H groups in total. The predicted molar refractivity (Wildman–Crippen MR) is 64.7 cm³/mol. The SMILES string of the molecule is CNCc1nnc(-c2cc(F)cc([N+](=O)[O-])c2)s1. The number of halogens is 1.